The van der Waals surface area contributed by atoms with Crippen molar-refractivity contribution in [3.05, 3.63) is 46.0 Å². The maximum absolute atomic E-state index is 12.5. The van der Waals surface area contributed by atoms with Crippen molar-refractivity contribution in [1.82, 2.24) is 4.90 Å². The van der Waals surface area contributed by atoms with Gasteiger partial charge >= 0.3 is 5.97 Å². The zero-order valence-electron chi connectivity index (χ0n) is 13.0. The van der Waals surface area contributed by atoms with Gasteiger partial charge in [0, 0.05) is 22.6 Å². The van der Waals surface area contributed by atoms with Crippen molar-refractivity contribution in [2.45, 2.75) is 36.8 Å². The number of esters is 1. The van der Waals surface area contributed by atoms with Crippen LogP contribution in [-0.4, -0.2) is 51.3 Å². The summed E-state index contributed by atoms with van der Waals surface area (Å²) in [6.45, 7) is 0.0146. The number of nitro groups is 1. The number of hydrogen-bond acceptors (Lipinski definition) is 6. The summed E-state index contributed by atoms with van der Waals surface area (Å²) in [7, 11) is 0. The van der Waals surface area contributed by atoms with Crippen molar-refractivity contribution in [2.24, 2.45) is 0 Å². The molecule has 1 aromatic carbocycles. The molecule has 0 N–H and O–H groups in total. The summed E-state index contributed by atoms with van der Waals surface area (Å²) in [6, 6.07) is 8.78. The molecule has 3 unspecified atom stereocenters. The van der Waals surface area contributed by atoms with Gasteiger partial charge in [0.05, 0.1) is 5.75 Å². The van der Waals surface area contributed by atoms with E-state index in [9.17, 15) is 19.7 Å². The fourth-order valence-electron chi connectivity index (χ4n) is 3.17. The molecule has 24 heavy (non-hydrogen) atoms. The predicted molar refractivity (Wildman–Crippen MR) is 88.0 cm³/mol. The van der Waals surface area contributed by atoms with E-state index in [2.05, 4.69) is 0 Å². The number of carbonyl (C=O) groups excluding carboxylic acids is 2. The minimum absolute atomic E-state index is 0.0426. The third-order valence-electron chi connectivity index (χ3n) is 4.32. The lowest BCUT2D eigenvalue weighted by atomic mass is 10.0. The Morgan fingerprint density at radius 2 is 2.12 bits per heavy atom. The Balaban J connectivity index is 1.61. The van der Waals surface area contributed by atoms with Crippen molar-refractivity contribution >= 4 is 23.6 Å². The molecule has 0 radical (unpaired) electrons. The first-order valence-corrected chi connectivity index (χ1v) is 8.86. The van der Waals surface area contributed by atoms with E-state index >= 15 is 0 Å². The fraction of sp³-hybridized carbons (Fsp3) is 0.500. The molecule has 0 spiro atoms. The van der Waals surface area contributed by atoms with Crippen molar-refractivity contribution in [3.63, 3.8) is 0 Å². The first kappa shape index (κ1) is 16.8. The van der Waals surface area contributed by atoms with Gasteiger partial charge in [-0.2, -0.15) is 0 Å². The summed E-state index contributed by atoms with van der Waals surface area (Å²) in [5.41, 5.74) is 0.882. The molecular formula is C16H18N2O5S. The average molecular weight is 350 g/mol. The van der Waals surface area contributed by atoms with Gasteiger partial charge in [-0.05, 0) is 12.0 Å². The number of β-lactam (4-membered cyclic amide) rings is 1. The van der Waals surface area contributed by atoms with E-state index in [-0.39, 0.29) is 35.3 Å². The lowest BCUT2D eigenvalue weighted by molar-refractivity contribution is -0.474. The largest absolute Gasteiger partial charge is 0.459 e. The SMILES string of the molecule is O=C(OCc1ccccc1)C1C(SCC[N+](=O)[O-])CC2CC(=O)N21. The van der Waals surface area contributed by atoms with E-state index in [1.165, 1.54) is 11.8 Å². The topological polar surface area (TPSA) is 89.7 Å². The standard InChI is InChI=1S/C16H18N2O5S/c19-14-9-12-8-13(24-7-6-17(21)22)15(18(12)14)16(20)23-10-11-4-2-1-3-5-11/h1-5,12-13,15H,6-10H2. The third-order valence-corrected chi connectivity index (χ3v) is 5.62. The Labute approximate surface area is 143 Å². The first-order valence-electron chi connectivity index (χ1n) is 7.81. The van der Waals surface area contributed by atoms with E-state index in [4.69, 9.17) is 4.74 Å². The van der Waals surface area contributed by atoms with Gasteiger partial charge in [-0.3, -0.25) is 14.9 Å². The second kappa shape index (κ2) is 7.21. The number of rotatable bonds is 7. The van der Waals surface area contributed by atoms with E-state index < -0.39 is 12.0 Å². The van der Waals surface area contributed by atoms with Gasteiger partial charge in [-0.15, -0.1) is 11.8 Å². The van der Waals surface area contributed by atoms with Crippen molar-refractivity contribution in [2.75, 3.05) is 12.3 Å². The Morgan fingerprint density at radius 1 is 1.38 bits per heavy atom. The highest BCUT2D eigenvalue weighted by Gasteiger charge is 2.54. The van der Waals surface area contributed by atoms with Gasteiger partial charge in [0.15, 0.2) is 0 Å². The highest BCUT2D eigenvalue weighted by atomic mass is 32.2. The van der Waals surface area contributed by atoms with Gasteiger partial charge in [0.25, 0.3) is 0 Å². The van der Waals surface area contributed by atoms with Crippen LogP contribution >= 0.6 is 11.8 Å². The summed E-state index contributed by atoms with van der Waals surface area (Å²) in [5, 5.41) is 10.3. The number of amides is 1. The zero-order valence-corrected chi connectivity index (χ0v) is 13.8. The van der Waals surface area contributed by atoms with E-state index in [0.717, 1.165) is 5.56 Å². The molecule has 7 nitrogen and oxygen atoms in total. The summed E-state index contributed by atoms with van der Waals surface area (Å²) < 4.78 is 5.39. The smallest absolute Gasteiger partial charge is 0.330 e. The fourth-order valence-corrected chi connectivity index (χ4v) is 4.51. The van der Waals surface area contributed by atoms with Crippen LogP contribution < -0.4 is 0 Å². The maximum atomic E-state index is 12.5. The second-order valence-electron chi connectivity index (χ2n) is 5.90. The molecule has 2 fully saturated rings. The van der Waals surface area contributed by atoms with Crippen LogP contribution in [-0.2, 0) is 20.9 Å². The number of nitrogens with zero attached hydrogens (tertiary/aromatic N) is 2. The molecule has 0 bridgehead atoms. The molecular weight excluding hydrogens is 332 g/mol. The van der Waals surface area contributed by atoms with Crippen LogP contribution in [0.15, 0.2) is 30.3 Å². The monoisotopic (exact) mass is 350 g/mol. The number of carbonyl (C=O) groups is 2. The molecule has 2 aliphatic heterocycles. The molecule has 3 rings (SSSR count). The van der Waals surface area contributed by atoms with Crippen LogP contribution in [0, 0.1) is 10.1 Å². The van der Waals surface area contributed by atoms with E-state index in [1.54, 1.807) is 4.90 Å². The molecule has 1 amide bonds. The van der Waals surface area contributed by atoms with Crippen LogP contribution in [0.25, 0.3) is 0 Å². The number of hydrogen-bond donors (Lipinski definition) is 0. The lowest BCUT2D eigenvalue weighted by Crippen LogP contribution is -2.55. The van der Waals surface area contributed by atoms with Gasteiger partial charge in [-0.1, -0.05) is 30.3 Å². The number of fused-ring (bicyclic) bond motifs is 1. The maximum Gasteiger partial charge on any atom is 0.330 e. The summed E-state index contributed by atoms with van der Waals surface area (Å²) in [6.07, 6.45) is 1.15. The van der Waals surface area contributed by atoms with E-state index in [1.807, 2.05) is 30.3 Å². The summed E-state index contributed by atoms with van der Waals surface area (Å²) in [5.74, 6) is -0.137. The quantitative estimate of drug-likeness (QED) is 0.320. The number of thioether (sulfide) groups is 1. The highest BCUT2D eigenvalue weighted by Crippen LogP contribution is 2.41. The average Bonchev–Trinajstić information content (AvgIpc) is 2.85. The normalized spacial score (nSPS) is 25.1. The van der Waals surface area contributed by atoms with Gasteiger partial charge in [-0.25, -0.2) is 4.79 Å². The molecule has 3 atom stereocenters. The van der Waals surface area contributed by atoms with Crippen LogP contribution in [0.4, 0.5) is 0 Å². The lowest BCUT2D eigenvalue weighted by Gasteiger charge is -2.37. The van der Waals surface area contributed by atoms with E-state index in [0.29, 0.717) is 18.6 Å². The molecule has 0 aromatic heterocycles. The summed E-state index contributed by atoms with van der Waals surface area (Å²) >= 11 is 1.38. The van der Waals surface area contributed by atoms with Crippen LogP contribution in [0.2, 0.25) is 0 Å². The van der Waals surface area contributed by atoms with Gasteiger partial charge < -0.3 is 9.64 Å². The Morgan fingerprint density at radius 3 is 2.79 bits per heavy atom. The van der Waals surface area contributed by atoms with Crippen LogP contribution in [0.1, 0.15) is 18.4 Å². The molecule has 8 heteroatoms. The van der Waals surface area contributed by atoms with Crippen molar-refractivity contribution in [1.29, 1.82) is 0 Å². The predicted octanol–water partition coefficient (Wildman–Crippen LogP) is 1.48. The number of benzene rings is 1. The zero-order chi connectivity index (χ0) is 17.1. The summed E-state index contributed by atoms with van der Waals surface area (Å²) in [4.78, 5) is 36.0. The second-order valence-corrected chi connectivity index (χ2v) is 7.25. The minimum Gasteiger partial charge on any atom is -0.459 e. The Bertz CT molecular complexity index is 639. The molecule has 1 aromatic rings. The Hall–Kier alpha value is -2.09. The highest BCUT2D eigenvalue weighted by molar-refractivity contribution is 8.00. The minimum atomic E-state index is -0.628. The molecule has 2 saturated heterocycles. The molecule has 2 heterocycles. The van der Waals surface area contributed by atoms with Crippen molar-refractivity contribution < 1.29 is 19.2 Å². The molecule has 0 aliphatic carbocycles. The molecule has 2 aliphatic rings. The van der Waals surface area contributed by atoms with Gasteiger partial charge in [0.1, 0.15) is 12.6 Å². The number of ether oxygens (including phenoxy) is 1. The molecule has 0 saturated carbocycles. The van der Waals surface area contributed by atoms with Crippen molar-refractivity contribution in [3.8, 4) is 0 Å². The Kier molecular flexibility index (Phi) is 5.03. The van der Waals surface area contributed by atoms with Gasteiger partial charge in [0.2, 0.25) is 12.5 Å². The van der Waals surface area contributed by atoms with Crippen LogP contribution in [0.3, 0.4) is 0 Å². The van der Waals surface area contributed by atoms with Crippen LogP contribution in [0.5, 0.6) is 0 Å². The molecule has 128 valence electrons. The third kappa shape index (κ3) is 3.53. The first-order chi connectivity index (χ1) is 11.6.